The number of para-hydroxylation sites is 1. The van der Waals surface area contributed by atoms with Gasteiger partial charge in [-0.1, -0.05) is 18.2 Å². The van der Waals surface area contributed by atoms with Gasteiger partial charge < -0.3 is 10.6 Å². The molecule has 1 aromatic rings. The SMILES string of the molecule is CC(C)(N)CN1C(=O)CCCc2ccccc21. The van der Waals surface area contributed by atoms with Crippen molar-refractivity contribution in [2.45, 2.75) is 38.6 Å². The highest BCUT2D eigenvalue weighted by Crippen LogP contribution is 2.27. The summed E-state index contributed by atoms with van der Waals surface area (Å²) < 4.78 is 0. The molecule has 3 nitrogen and oxygen atoms in total. The third kappa shape index (κ3) is 2.86. The third-order valence-electron chi connectivity index (χ3n) is 2.99. The average Bonchev–Trinajstić information content (AvgIpc) is 2.38. The van der Waals surface area contributed by atoms with Crippen molar-refractivity contribution in [2.24, 2.45) is 5.73 Å². The van der Waals surface area contributed by atoms with Crippen LogP contribution in [0.25, 0.3) is 0 Å². The minimum Gasteiger partial charge on any atom is -0.324 e. The zero-order valence-electron chi connectivity index (χ0n) is 10.6. The first-order valence-corrected chi connectivity index (χ1v) is 6.14. The van der Waals surface area contributed by atoms with E-state index in [0.29, 0.717) is 13.0 Å². The highest BCUT2D eigenvalue weighted by atomic mass is 16.2. The third-order valence-corrected chi connectivity index (χ3v) is 2.99. The van der Waals surface area contributed by atoms with Gasteiger partial charge in [0.25, 0.3) is 0 Å². The Bertz CT molecular complexity index is 420. The largest absolute Gasteiger partial charge is 0.324 e. The predicted octanol–water partition coefficient (Wildman–Crippen LogP) is 2.09. The quantitative estimate of drug-likeness (QED) is 0.848. The van der Waals surface area contributed by atoms with Gasteiger partial charge in [-0.2, -0.15) is 0 Å². The van der Waals surface area contributed by atoms with E-state index >= 15 is 0 Å². The van der Waals surface area contributed by atoms with Gasteiger partial charge in [0.05, 0.1) is 0 Å². The summed E-state index contributed by atoms with van der Waals surface area (Å²) in [5.74, 6) is 0.188. The van der Waals surface area contributed by atoms with E-state index in [9.17, 15) is 4.79 Å². The molecule has 0 saturated heterocycles. The number of carbonyl (C=O) groups excluding carboxylic acids is 1. The molecule has 0 saturated carbocycles. The molecule has 1 aliphatic rings. The number of carbonyl (C=O) groups is 1. The lowest BCUT2D eigenvalue weighted by Crippen LogP contribution is -2.47. The standard InChI is InChI=1S/C14H20N2O/c1-14(2,15)10-16-12-8-4-3-6-11(12)7-5-9-13(16)17/h3-4,6,8H,5,7,9-10,15H2,1-2H3. The Morgan fingerprint density at radius 1 is 1.29 bits per heavy atom. The van der Waals surface area contributed by atoms with Crippen LogP contribution >= 0.6 is 0 Å². The summed E-state index contributed by atoms with van der Waals surface area (Å²) >= 11 is 0. The minimum absolute atomic E-state index is 0.188. The molecule has 0 bridgehead atoms. The highest BCUT2D eigenvalue weighted by Gasteiger charge is 2.26. The molecule has 2 rings (SSSR count). The van der Waals surface area contributed by atoms with Gasteiger partial charge in [-0.25, -0.2) is 0 Å². The van der Waals surface area contributed by atoms with E-state index in [1.165, 1.54) is 5.56 Å². The number of rotatable bonds is 2. The van der Waals surface area contributed by atoms with E-state index in [0.717, 1.165) is 18.5 Å². The van der Waals surface area contributed by atoms with Crippen molar-refractivity contribution < 1.29 is 4.79 Å². The first-order valence-electron chi connectivity index (χ1n) is 6.14. The number of nitrogens with zero attached hydrogens (tertiary/aromatic N) is 1. The average molecular weight is 232 g/mol. The molecule has 2 N–H and O–H groups in total. The number of hydrogen-bond acceptors (Lipinski definition) is 2. The summed E-state index contributed by atoms with van der Waals surface area (Å²) in [5.41, 5.74) is 7.96. The van der Waals surface area contributed by atoms with E-state index in [2.05, 4.69) is 6.07 Å². The van der Waals surface area contributed by atoms with E-state index in [1.807, 2.05) is 36.9 Å². The highest BCUT2D eigenvalue weighted by molar-refractivity contribution is 5.95. The summed E-state index contributed by atoms with van der Waals surface area (Å²) in [7, 11) is 0. The summed E-state index contributed by atoms with van der Waals surface area (Å²) in [6.07, 6.45) is 2.52. The number of aryl methyl sites for hydroxylation is 1. The number of nitrogens with two attached hydrogens (primary N) is 1. The van der Waals surface area contributed by atoms with Crippen LogP contribution in [0.3, 0.4) is 0 Å². The monoisotopic (exact) mass is 232 g/mol. The van der Waals surface area contributed by atoms with Crippen molar-refractivity contribution in [3.63, 3.8) is 0 Å². The molecule has 0 unspecified atom stereocenters. The second-order valence-corrected chi connectivity index (χ2v) is 5.45. The molecule has 3 heteroatoms. The topological polar surface area (TPSA) is 46.3 Å². The summed E-state index contributed by atoms with van der Waals surface area (Å²) in [6.45, 7) is 4.48. The Balaban J connectivity index is 2.37. The van der Waals surface area contributed by atoms with E-state index in [-0.39, 0.29) is 11.4 Å². The molecule has 0 aromatic heterocycles. The maximum absolute atomic E-state index is 12.1. The van der Waals surface area contributed by atoms with E-state index < -0.39 is 0 Å². The Hall–Kier alpha value is -1.35. The lowest BCUT2D eigenvalue weighted by Gasteiger charge is -2.30. The van der Waals surface area contributed by atoms with Crippen LogP contribution < -0.4 is 10.6 Å². The zero-order valence-corrected chi connectivity index (χ0v) is 10.6. The number of fused-ring (bicyclic) bond motifs is 1. The normalized spacial score (nSPS) is 16.6. The number of benzene rings is 1. The molecule has 17 heavy (non-hydrogen) atoms. The molecule has 0 atom stereocenters. The van der Waals surface area contributed by atoms with E-state index in [1.54, 1.807) is 0 Å². The second-order valence-electron chi connectivity index (χ2n) is 5.45. The van der Waals surface area contributed by atoms with Crippen LogP contribution in [0, 0.1) is 0 Å². The Labute approximate surface area is 103 Å². The maximum Gasteiger partial charge on any atom is 0.227 e. The Kier molecular flexibility index (Phi) is 3.20. The van der Waals surface area contributed by atoms with Crippen molar-refractivity contribution in [1.29, 1.82) is 0 Å². The molecule has 0 fully saturated rings. The molecule has 0 aliphatic carbocycles. The Morgan fingerprint density at radius 2 is 2.00 bits per heavy atom. The Morgan fingerprint density at radius 3 is 2.71 bits per heavy atom. The minimum atomic E-state index is -0.368. The van der Waals surface area contributed by atoms with Crippen LogP contribution in [0.1, 0.15) is 32.3 Å². The smallest absolute Gasteiger partial charge is 0.227 e. The van der Waals surface area contributed by atoms with E-state index in [4.69, 9.17) is 5.73 Å². The van der Waals surface area contributed by atoms with Crippen molar-refractivity contribution in [1.82, 2.24) is 0 Å². The van der Waals surface area contributed by atoms with Gasteiger partial charge in [0.15, 0.2) is 0 Å². The molecule has 1 aromatic carbocycles. The molecule has 1 amide bonds. The van der Waals surface area contributed by atoms with Crippen molar-refractivity contribution >= 4 is 11.6 Å². The van der Waals surface area contributed by atoms with Gasteiger partial charge in [0.2, 0.25) is 5.91 Å². The van der Waals surface area contributed by atoms with Crippen LogP contribution in [-0.4, -0.2) is 18.0 Å². The zero-order chi connectivity index (χ0) is 12.5. The molecule has 1 heterocycles. The summed E-state index contributed by atoms with van der Waals surface area (Å²) in [6, 6.07) is 8.13. The van der Waals surface area contributed by atoms with Gasteiger partial charge >= 0.3 is 0 Å². The van der Waals surface area contributed by atoms with Gasteiger partial charge in [-0.15, -0.1) is 0 Å². The van der Waals surface area contributed by atoms with Crippen LogP contribution in [-0.2, 0) is 11.2 Å². The fourth-order valence-corrected chi connectivity index (χ4v) is 2.27. The van der Waals surface area contributed by atoms with Crippen LogP contribution in [0.5, 0.6) is 0 Å². The summed E-state index contributed by atoms with van der Waals surface area (Å²) in [5, 5.41) is 0. The van der Waals surface area contributed by atoms with Crippen LogP contribution in [0.4, 0.5) is 5.69 Å². The lowest BCUT2D eigenvalue weighted by atomic mass is 10.0. The summed E-state index contributed by atoms with van der Waals surface area (Å²) in [4.78, 5) is 14.0. The molecule has 0 radical (unpaired) electrons. The first-order chi connectivity index (χ1) is 7.97. The molecule has 92 valence electrons. The predicted molar refractivity (Wildman–Crippen MR) is 70.0 cm³/mol. The van der Waals surface area contributed by atoms with Crippen molar-refractivity contribution in [2.75, 3.05) is 11.4 Å². The molecular weight excluding hydrogens is 212 g/mol. The van der Waals surface area contributed by atoms with Crippen LogP contribution in [0.15, 0.2) is 24.3 Å². The van der Waals surface area contributed by atoms with Gasteiger partial charge in [0.1, 0.15) is 0 Å². The molecule has 1 aliphatic heterocycles. The maximum atomic E-state index is 12.1. The second kappa shape index (κ2) is 4.49. The van der Waals surface area contributed by atoms with Gasteiger partial charge in [-0.3, -0.25) is 4.79 Å². The van der Waals surface area contributed by atoms with Gasteiger partial charge in [-0.05, 0) is 38.3 Å². The van der Waals surface area contributed by atoms with Crippen LogP contribution in [0.2, 0.25) is 0 Å². The molecular formula is C14H20N2O. The van der Waals surface area contributed by atoms with Crippen molar-refractivity contribution in [3.05, 3.63) is 29.8 Å². The number of hydrogen-bond donors (Lipinski definition) is 1. The lowest BCUT2D eigenvalue weighted by molar-refractivity contribution is -0.118. The molecule has 0 spiro atoms. The fourth-order valence-electron chi connectivity index (χ4n) is 2.27. The van der Waals surface area contributed by atoms with Gasteiger partial charge in [0, 0.05) is 24.2 Å². The fraction of sp³-hybridized carbons (Fsp3) is 0.500. The number of anilines is 1. The number of amides is 1. The van der Waals surface area contributed by atoms with Crippen molar-refractivity contribution in [3.8, 4) is 0 Å². The first kappa shape index (κ1) is 12.1.